The van der Waals surface area contributed by atoms with Gasteiger partial charge in [0.1, 0.15) is 5.82 Å². The number of fused-ring (bicyclic) bond motifs is 1. The summed E-state index contributed by atoms with van der Waals surface area (Å²) in [5.74, 6) is 1.59. The number of hydrogen-bond acceptors (Lipinski definition) is 7. The molecule has 0 aliphatic rings. The quantitative estimate of drug-likeness (QED) is 0.538. The van der Waals surface area contributed by atoms with Crippen LogP contribution >= 0.6 is 0 Å². The lowest BCUT2D eigenvalue weighted by Crippen LogP contribution is -2.29. The largest absolute Gasteiger partial charge is 0.493 e. The molecule has 3 rings (SSSR count). The van der Waals surface area contributed by atoms with Crippen molar-refractivity contribution in [2.75, 3.05) is 28.4 Å². The van der Waals surface area contributed by atoms with Crippen LogP contribution in [0.15, 0.2) is 35.1 Å². The molecule has 0 fully saturated rings. The number of carbonyl (C=O) groups excluding carboxylic acids is 1. The zero-order valence-electron chi connectivity index (χ0n) is 19.8. The SMILES string of the molecule is COC(=O)N(C)C(C)c1cccc(CNCc2nc(=O)c3c(C)c(OC)c(OC)cc3[nH]2)c1. The summed E-state index contributed by atoms with van der Waals surface area (Å²) in [5, 5.41) is 3.79. The Morgan fingerprint density at radius 2 is 1.94 bits per heavy atom. The van der Waals surface area contributed by atoms with Gasteiger partial charge in [-0.25, -0.2) is 4.79 Å². The number of rotatable bonds is 8. The van der Waals surface area contributed by atoms with Crippen LogP contribution < -0.4 is 20.3 Å². The van der Waals surface area contributed by atoms with Crippen LogP contribution in [0.1, 0.15) is 35.5 Å². The van der Waals surface area contributed by atoms with E-state index < -0.39 is 0 Å². The minimum absolute atomic E-state index is 0.133. The minimum Gasteiger partial charge on any atom is -0.493 e. The molecule has 33 heavy (non-hydrogen) atoms. The number of nitrogens with one attached hydrogen (secondary N) is 2. The van der Waals surface area contributed by atoms with Gasteiger partial charge in [-0.3, -0.25) is 4.79 Å². The maximum Gasteiger partial charge on any atom is 0.409 e. The van der Waals surface area contributed by atoms with Crippen LogP contribution in [0.25, 0.3) is 10.9 Å². The fraction of sp³-hybridized carbons (Fsp3) is 0.375. The molecule has 1 aromatic heterocycles. The summed E-state index contributed by atoms with van der Waals surface area (Å²) in [6.07, 6.45) is -0.387. The standard InChI is InChI=1S/C24H30N4O5/c1-14-21-18(11-19(31-4)22(14)32-5)26-20(27-23(21)29)13-25-12-16-8-7-9-17(10-16)15(2)28(3)24(30)33-6/h7-11,15,25H,12-13H2,1-6H3,(H,26,27,29). The van der Waals surface area contributed by atoms with Gasteiger partial charge >= 0.3 is 6.09 Å². The average Bonchev–Trinajstić information content (AvgIpc) is 2.82. The number of carbonyl (C=O) groups is 1. The third-order valence-corrected chi connectivity index (χ3v) is 5.74. The number of methoxy groups -OCH3 is 3. The fourth-order valence-electron chi connectivity index (χ4n) is 3.81. The third kappa shape index (κ3) is 5.09. The Morgan fingerprint density at radius 3 is 2.61 bits per heavy atom. The lowest BCUT2D eigenvalue weighted by Gasteiger charge is -2.24. The van der Waals surface area contributed by atoms with Crippen LogP contribution in [0.3, 0.4) is 0 Å². The molecule has 0 spiro atoms. The molecule has 2 aromatic carbocycles. The first-order valence-electron chi connectivity index (χ1n) is 10.6. The van der Waals surface area contributed by atoms with Crippen LogP contribution in [0.2, 0.25) is 0 Å². The molecule has 1 amide bonds. The van der Waals surface area contributed by atoms with Gasteiger partial charge < -0.3 is 29.4 Å². The molecule has 1 unspecified atom stereocenters. The number of aryl methyl sites for hydroxylation is 1. The Labute approximate surface area is 192 Å². The number of amides is 1. The van der Waals surface area contributed by atoms with Crippen molar-refractivity contribution in [2.45, 2.75) is 33.0 Å². The lowest BCUT2D eigenvalue weighted by atomic mass is 10.0. The van der Waals surface area contributed by atoms with Crippen molar-refractivity contribution in [2.24, 2.45) is 0 Å². The molecule has 1 atom stereocenters. The van der Waals surface area contributed by atoms with E-state index in [1.54, 1.807) is 32.2 Å². The van der Waals surface area contributed by atoms with Crippen LogP contribution in [-0.4, -0.2) is 49.3 Å². The average molecular weight is 455 g/mol. The Kier molecular flexibility index (Phi) is 7.55. The van der Waals surface area contributed by atoms with Gasteiger partial charge in [0.15, 0.2) is 11.5 Å². The minimum atomic E-state index is -0.387. The molecule has 0 bridgehead atoms. The second-order valence-electron chi connectivity index (χ2n) is 7.75. The van der Waals surface area contributed by atoms with Crippen molar-refractivity contribution >= 4 is 17.0 Å². The van der Waals surface area contributed by atoms with Crippen molar-refractivity contribution in [3.05, 3.63) is 63.2 Å². The molecule has 0 radical (unpaired) electrons. The molecule has 176 valence electrons. The van der Waals surface area contributed by atoms with E-state index in [9.17, 15) is 9.59 Å². The van der Waals surface area contributed by atoms with E-state index in [0.717, 1.165) is 11.1 Å². The Balaban J connectivity index is 1.75. The maximum absolute atomic E-state index is 12.7. The van der Waals surface area contributed by atoms with E-state index in [2.05, 4.69) is 15.3 Å². The second kappa shape index (κ2) is 10.4. The van der Waals surface area contributed by atoms with Gasteiger partial charge in [0.05, 0.1) is 44.8 Å². The van der Waals surface area contributed by atoms with E-state index in [4.69, 9.17) is 14.2 Å². The Bertz CT molecular complexity index is 1210. The number of ether oxygens (including phenoxy) is 3. The molecule has 3 aromatic rings. The molecular formula is C24H30N4O5. The molecule has 1 heterocycles. The second-order valence-corrected chi connectivity index (χ2v) is 7.75. The van der Waals surface area contributed by atoms with Crippen LogP contribution in [-0.2, 0) is 17.8 Å². The summed E-state index contributed by atoms with van der Waals surface area (Å²) >= 11 is 0. The number of nitrogens with zero attached hydrogens (tertiary/aromatic N) is 2. The molecule has 0 aliphatic carbocycles. The van der Waals surface area contributed by atoms with Crippen LogP contribution in [0, 0.1) is 6.92 Å². The Hall–Kier alpha value is -3.59. The fourth-order valence-corrected chi connectivity index (χ4v) is 3.81. The van der Waals surface area contributed by atoms with Gasteiger partial charge in [0, 0.05) is 25.2 Å². The Morgan fingerprint density at radius 1 is 1.18 bits per heavy atom. The van der Waals surface area contributed by atoms with Crippen LogP contribution in [0.4, 0.5) is 4.79 Å². The van der Waals surface area contributed by atoms with E-state index in [1.807, 2.05) is 38.1 Å². The summed E-state index contributed by atoms with van der Waals surface area (Å²) in [7, 11) is 6.17. The summed E-state index contributed by atoms with van der Waals surface area (Å²) in [5.41, 5.74) is 3.05. The first-order chi connectivity index (χ1) is 15.8. The van der Waals surface area contributed by atoms with Gasteiger partial charge in [-0.2, -0.15) is 4.98 Å². The first kappa shape index (κ1) is 24.1. The highest BCUT2D eigenvalue weighted by Crippen LogP contribution is 2.34. The van der Waals surface area contributed by atoms with Gasteiger partial charge in [0.25, 0.3) is 5.56 Å². The smallest absolute Gasteiger partial charge is 0.409 e. The zero-order valence-corrected chi connectivity index (χ0v) is 19.8. The van der Waals surface area contributed by atoms with Gasteiger partial charge in [-0.15, -0.1) is 0 Å². The van der Waals surface area contributed by atoms with E-state index >= 15 is 0 Å². The van der Waals surface area contributed by atoms with Crippen molar-refractivity contribution in [1.29, 1.82) is 0 Å². The van der Waals surface area contributed by atoms with E-state index in [0.29, 0.717) is 46.9 Å². The zero-order chi connectivity index (χ0) is 24.1. The van der Waals surface area contributed by atoms with Gasteiger partial charge in [-0.1, -0.05) is 24.3 Å². The monoisotopic (exact) mass is 454 g/mol. The van der Waals surface area contributed by atoms with Gasteiger partial charge in [-0.05, 0) is 25.0 Å². The predicted octanol–water partition coefficient (Wildman–Crippen LogP) is 3.30. The normalized spacial score (nSPS) is 11.8. The lowest BCUT2D eigenvalue weighted by molar-refractivity contribution is 0.120. The molecule has 2 N–H and O–H groups in total. The number of hydrogen-bond donors (Lipinski definition) is 2. The highest BCUT2D eigenvalue weighted by Gasteiger charge is 2.18. The molecule has 0 saturated heterocycles. The van der Waals surface area contributed by atoms with Crippen LogP contribution in [0.5, 0.6) is 11.5 Å². The van der Waals surface area contributed by atoms with Crippen molar-refractivity contribution in [1.82, 2.24) is 20.2 Å². The van der Waals surface area contributed by atoms with E-state index in [-0.39, 0.29) is 17.7 Å². The molecule has 9 nitrogen and oxygen atoms in total. The van der Waals surface area contributed by atoms with Gasteiger partial charge in [0.2, 0.25) is 0 Å². The highest BCUT2D eigenvalue weighted by atomic mass is 16.5. The van der Waals surface area contributed by atoms with Crippen molar-refractivity contribution in [3.63, 3.8) is 0 Å². The number of H-pyrrole nitrogens is 1. The van der Waals surface area contributed by atoms with Crippen molar-refractivity contribution in [3.8, 4) is 11.5 Å². The van der Waals surface area contributed by atoms with Crippen molar-refractivity contribution < 1.29 is 19.0 Å². The number of aromatic nitrogens is 2. The molecular weight excluding hydrogens is 424 g/mol. The highest BCUT2D eigenvalue weighted by molar-refractivity contribution is 5.86. The van der Waals surface area contributed by atoms with E-state index in [1.165, 1.54) is 7.11 Å². The molecule has 0 aliphatic heterocycles. The summed E-state index contributed by atoms with van der Waals surface area (Å²) in [6, 6.07) is 9.57. The first-order valence-corrected chi connectivity index (χ1v) is 10.6. The molecule has 0 saturated carbocycles. The number of benzene rings is 2. The number of aromatic amines is 1. The molecule has 9 heteroatoms. The summed E-state index contributed by atoms with van der Waals surface area (Å²) in [6.45, 7) is 4.69. The topological polar surface area (TPSA) is 106 Å². The summed E-state index contributed by atoms with van der Waals surface area (Å²) < 4.78 is 15.6. The predicted molar refractivity (Wildman–Crippen MR) is 126 cm³/mol. The maximum atomic E-state index is 12.7. The third-order valence-electron chi connectivity index (χ3n) is 5.74. The summed E-state index contributed by atoms with van der Waals surface area (Å²) in [4.78, 5) is 33.4.